The zero-order valence-electron chi connectivity index (χ0n) is 10.3. The summed E-state index contributed by atoms with van der Waals surface area (Å²) in [4.78, 5) is 0. The van der Waals surface area contributed by atoms with Gasteiger partial charge in [0.05, 0.1) is 13.2 Å². The quantitative estimate of drug-likeness (QED) is 0.702. The maximum atomic E-state index is 5.60. The summed E-state index contributed by atoms with van der Waals surface area (Å²) < 4.78 is 5.60. The SMILES string of the molecule is c1ccc(COCCNCC2CCCN2)cc1. The Morgan fingerprint density at radius 3 is 2.94 bits per heavy atom. The van der Waals surface area contributed by atoms with E-state index < -0.39 is 0 Å². The van der Waals surface area contributed by atoms with Crippen LogP contribution < -0.4 is 10.6 Å². The van der Waals surface area contributed by atoms with E-state index >= 15 is 0 Å². The highest BCUT2D eigenvalue weighted by molar-refractivity contribution is 5.13. The Labute approximate surface area is 104 Å². The van der Waals surface area contributed by atoms with Crippen LogP contribution in [0.2, 0.25) is 0 Å². The van der Waals surface area contributed by atoms with E-state index in [1.165, 1.54) is 24.9 Å². The average molecular weight is 234 g/mol. The molecular formula is C14H22N2O. The van der Waals surface area contributed by atoms with Gasteiger partial charge >= 0.3 is 0 Å². The fourth-order valence-electron chi connectivity index (χ4n) is 2.12. The number of nitrogens with one attached hydrogen (secondary N) is 2. The van der Waals surface area contributed by atoms with E-state index in [1.807, 2.05) is 18.2 Å². The Bertz CT molecular complexity index is 296. The molecule has 2 rings (SSSR count). The van der Waals surface area contributed by atoms with Gasteiger partial charge in [-0.1, -0.05) is 30.3 Å². The molecule has 1 saturated heterocycles. The Hall–Kier alpha value is -0.900. The van der Waals surface area contributed by atoms with Crippen molar-refractivity contribution in [3.05, 3.63) is 35.9 Å². The molecule has 1 aliphatic rings. The first-order valence-corrected chi connectivity index (χ1v) is 6.51. The van der Waals surface area contributed by atoms with Crippen LogP contribution in [0.1, 0.15) is 18.4 Å². The fraction of sp³-hybridized carbons (Fsp3) is 0.571. The van der Waals surface area contributed by atoms with Crippen molar-refractivity contribution in [1.29, 1.82) is 0 Å². The van der Waals surface area contributed by atoms with E-state index in [2.05, 4.69) is 22.8 Å². The zero-order valence-corrected chi connectivity index (χ0v) is 10.3. The lowest BCUT2D eigenvalue weighted by Gasteiger charge is -2.11. The van der Waals surface area contributed by atoms with E-state index in [0.717, 1.165) is 19.7 Å². The van der Waals surface area contributed by atoms with E-state index in [1.54, 1.807) is 0 Å². The first-order chi connectivity index (χ1) is 8.45. The molecule has 94 valence electrons. The van der Waals surface area contributed by atoms with Gasteiger partial charge in [0.15, 0.2) is 0 Å². The van der Waals surface area contributed by atoms with Crippen molar-refractivity contribution in [2.75, 3.05) is 26.2 Å². The molecule has 1 heterocycles. The molecular weight excluding hydrogens is 212 g/mol. The third-order valence-electron chi connectivity index (χ3n) is 3.09. The molecule has 1 aromatic carbocycles. The van der Waals surface area contributed by atoms with Gasteiger partial charge in [0.2, 0.25) is 0 Å². The Kier molecular flexibility index (Phi) is 5.49. The molecule has 1 aliphatic heterocycles. The van der Waals surface area contributed by atoms with E-state index in [9.17, 15) is 0 Å². The predicted molar refractivity (Wildman–Crippen MR) is 70.0 cm³/mol. The van der Waals surface area contributed by atoms with Gasteiger partial charge in [0.1, 0.15) is 0 Å². The van der Waals surface area contributed by atoms with Crippen LogP contribution in [0.25, 0.3) is 0 Å². The van der Waals surface area contributed by atoms with Gasteiger partial charge in [-0.15, -0.1) is 0 Å². The molecule has 0 radical (unpaired) electrons. The van der Waals surface area contributed by atoms with Gasteiger partial charge in [0, 0.05) is 19.1 Å². The molecule has 17 heavy (non-hydrogen) atoms. The first-order valence-electron chi connectivity index (χ1n) is 6.51. The van der Waals surface area contributed by atoms with Crippen LogP contribution in [0.5, 0.6) is 0 Å². The van der Waals surface area contributed by atoms with Crippen LogP contribution in [0.15, 0.2) is 30.3 Å². The summed E-state index contributed by atoms with van der Waals surface area (Å²) >= 11 is 0. The second-order valence-electron chi connectivity index (χ2n) is 4.54. The third-order valence-corrected chi connectivity index (χ3v) is 3.09. The summed E-state index contributed by atoms with van der Waals surface area (Å²) in [6.45, 7) is 4.67. The number of ether oxygens (including phenoxy) is 1. The minimum atomic E-state index is 0.670. The summed E-state index contributed by atoms with van der Waals surface area (Å²) in [7, 11) is 0. The highest BCUT2D eigenvalue weighted by Crippen LogP contribution is 2.03. The van der Waals surface area contributed by atoms with Gasteiger partial charge in [-0.2, -0.15) is 0 Å². The van der Waals surface area contributed by atoms with Crippen LogP contribution >= 0.6 is 0 Å². The van der Waals surface area contributed by atoms with Crippen molar-refractivity contribution in [3.63, 3.8) is 0 Å². The lowest BCUT2D eigenvalue weighted by atomic mass is 10.2. The van der Waals surface area contributed by atoms with Crippen molar-refractivity contribution in [1.82, 2.24) is 10.6 Å². The van der Waals surface area contributed by atoms with E-state index in [4.69, 9.17) is 4.74 Å². The van der Waals surface area contributed by atoms with Gasteiger partial charge in [-0.3, -0.25) is 0 Å². The molecule has 0 amide bonds. The lowest BCUT2D eigenvalue weighted by molar-refractivity contribution is 0.122. The smallest absolute Gasteiger partial charge is 0.0717 e. The molecule has 0 aromatic heterocycles. The summed E-state index contributed by atoms with van der Waals surface area (Å²) in [6, 6.07) is 11.0. The first kappa shape index (κ1) is 12.6. The third kappa shape index (κ3) is 4.86. The van der Waals surface area contributed by atoms with Crippen molar-refractivity contribution in [3.8, 4) is 0 Å². The highest BCUT2D eigenvalue weighted by Gasteiger charge is 2.12. The summed E-state index contributed by atoms with van der Waals surface area (Å²) in [5, 5.41) is 6.90. The van der Waals surface area contributed by atoms with Crippen LogP contribution in [-0.2, 0) is 11.3 Å². The van der Waals surface area contributed by atoms with Crippen LogP contribution in [0, 0.1) is 0 Å². The minimum absolute atomic E-state index is 0.670. The molecule has 0 bridgehead atoms. The second kappa shape index (κ2) is 7.43. The van der Waals surface area contributed by atoms with E-state index in [0.29, 0.717) is 12.6 Å². The molecule has 1 aromatic rings. The Morgan fingerprint density at radius 1 is 1.29 bits per heavy atom. The zero-order chi connectivity index (χ0) is 11.8. The summed E-state index contributed by atoms with van der Waals surface area (Å²) in [5.41, 5.74) is 1.24. The molecule has 2 N–H and O–H groups in total. The Balaban J connectivity index is 1.46. The molecule has 1 fully saturated rings. The van der Waals surface area contributed by atoms with Gasteiger partial charge in [0.25, 0.3) is 0 Å². The number of rotatable bonds is 7. The van der Waals surface area contributed by atoms with Gasteiger partial charge in [-0.25, -0.2) is 0 Å². The van der Waals surface area contributed by atoms with Crippen molar-refractivity contribution in [2.24, 2.45) is 0 Å². The van der Waals surface area contributed by atoms with Crippen molar-refractivity contribution in [2.45, 2.75) is 25.5 Å². The van der Waals surface area contributed by atoms with Crippen LogP contribution in [0.3, 0.4) is 0 Å². The Morgan fingerprint density at radius 2 is 2.18 bits per heavy atom. The molecule has 1 atom stereocenters. The average Bonchev–Trinajstić information content (AvgIpc) is 2.88. The molecule has 1 unspecified atom stereocenters. The number of hydrogen-bond donors (Lipinski definition) is 2. The minimum Gasteiger partial charge on any atom is -0.375 e. The van der Waals surface area contributed by atoms with Crippen LogP contribution in [-0.4, -0.2) is 32.3 Å². The standard InChI is InChI=1S/C14H22N2O/c1-2-5-13(6-3-1)12-17-10-9-15-11-14-7-4-8-16-14/h1-3,5-6,14-16H,4,7-12H2. The molecule has 3 nitrogen and oxygen atoms in total. The van der Waals surface area contributed by atoms with Crippen molar-refractivity contribution < 1.29 is 4.74 Å². The molecule has 3 heteroatoms. The lowest BCUT2D eigenvalue weighted by Crippen LogP contribution is -2.35. The van der Waals surface area contributed by atoms with Crippen LogP contribution in [0.4, 0.5) is 0 Å². The maximum Gasteiger partial charge on any atom is 0.0717 e. The number of benzene rings is 1. The monoisotopic (exact) mass is 234 g/mol. The predicted octanol–water partition coefficient (Wildman–Crippen LogP) is 1.54. The van der Waals surface area contributed by atoms with Gasteiger partial charge in [-0.05, 0) is 24.9 Å². The summed E-state index contributed by atoms with van der Waals surface area (Å²) in [5.74, 6) is 0. The fourth-order valence-corrected chi connectivity index (χ4v) is 2.12. The molecule has 0 saturated carbocycles. The maximum absolute atomic E-state index is 5.60. The van der Waals surface area contributed by atoms with E-state index in [-0.39, 0.29) is 0 Å². The number of hydrogen-bond acceptors (Lipinski definition) is 3. The second-order valence-corrected chi connectivity index (χ2v) is 4.54. The highest BCUT2D eigenvalue weighted by atomic mass is 16.5. The topological polar surface area (TPSA) is 33.3 Å². The molecule has 0 spiro atoms. The molecule has 0 aliphatic carbocycles. The van der Waals surface area contributed by atoms with Crippen molar-refractivity contribution >= 4 is 0 Å². The van der Waals surface area contributed by atoms with Gasteiger partial charge < -0.3 is 15.4 Å². The summed E-state index contributed by atoms with van der Waals surface area (Å²) in [6.07, 6.45) is 2.62. The largest absolute Gasteiger partial charge is 0.375 e. The normalized spacial score (nSPS) is 19.6.